The molecule has 0 saturated carbocycles. The lowest BCUT2D eigenvalue weighted by atomic mass is 10.1. The minimum atomic E-state index is -0.868. The van der Waals surface area contributed by atoms with Crippen LogP contribution in [0.15, 0.2) is 72.8 Å². The minimum Gasteiger partial charge on any atom is -0.478 e. The molecule has 0 aliphatic carbocycles. The summed E-state index contributed by atoms with van der Waals surface area (Å²) in [6.45, 7) is 0. The summed E-state index contributed by atoms with van der Waals surface area (Å²) in [5, 5.41) is 6.52. The van der Waals surface area contributed by atoms with Crippen LogP contribution in [0.2, 0.25) is 0 Å². The Labute approximate surface area is 176 Å². The highest BCUT2D eigenvalue weighted by atomic mass is 32.1. The lowest BCUT2D eigenvalue weighted by molar-refractivity contribution is -0.128. The number of aromatic nitrogens is 1. The van der Waals surface area contributed by atoms with Gasteiger partial charge in [-0.15, -0.1) is 11.3 Å². The van der Waals surface area contributed by atoms with Crippen LogP contribution >= 0.6 is 11.3 Å². The molecule has 1 aliphatic heterocycles. The average Bonchev–Trinajstić information content (AvgIpc) is 3.19. The molecule has 7 heteroatoms. The van der Waals surface area contributed by atoms with Crippen molar-refractivity contribution in [3.8, 4) is 16.3 Å². The summed E-state index contributed by atoms with van der Waals surface area (Å²) in [5.74, 6) is -0.0595. The number of carbonyl (C=O) groups excluding carboxylic acids is 2. The molecule has 5 rings (SSSR count). The monoisotopic (exact) mass is 415 g/mol. The molecule has 0 bridgehead atoms. The molecule has 2 N–H and O–H groups in total. The van der Waals surface area contributed by atoms with Gasteiger partial charge in [-0.1, -0.05) is 36.4 Å². The Kier molecular flexibility index (Phi) is 4.65. The summed E-state index contributed by atoms with van der Waals surface area (Å²) in [4.78, 5) is 29.5. The summed E-state index contributed by atoms with van der Waals surface area (Å²) >= 11 is 1.60. The average molecular weight is 415 g/mol. The van der Waals surface area contributed by atoms with Crippen LogP contribution in [0, 0.1) is 0 Å². The zero-order chi connectivity index (χ0) is 20.5. The third kappa shape index (κ3) is 3.62. The van der Waals surface area contributed by atoms with Crippen LogP contribution in [-0.4, -0.2) is 22.9 Å². The SMILES string of the molecule is O=C(CC1Oc2ccccc2NC1=O)Nc1cccc(-c2nc3ccccc3s2)c1. The largest absolute Gasteiger partial charge is 0.478 e. The minimum absolute atomic E-state index is 0.0778. The van der Waals surface area contributed by atoms with E-state index in [1.165, 1.54) is 0 Å². The van der Waals surface area contributed by atoms with E-state index in [0.29, 0.717) is 17.1 Å². The van der Waals surface area contributed by atoms with E-state index in [1.807, 2.05) is 60.7 Å². The third-order valence-corrected chi connectivity index (χ3v) is 5.85. The van der Waals surface area contributed by atoms with Gasteiger partial charge < -0.3 is 15.4 Å². The summed E-state index contributed by atoms with van der Waals surface area (Å²) in [7, 11) is 0. The predicted octanol–water partition coefficient (Wildman–Crippen LogP) is 4.69. The number of fused-ring (bicyclic) bond motifs is 2. The molecule has 2 heterocycles. The molecule has 2 amide bonds. The number of thiazole rings is 1. The summed E-state index contributed by atoms with van der Waals surface area (Å²) in [6.07, 6.45) is -0.946. The number of benzene rings is 3. The second kappa shape index (κ2) is 7.61. The van der Waals surface area contributed by atoms with Gasteiger partial charge in [-0.25, -0.2) is 4.98 Å². The van der Waals surface area contributed by atoms with Crippen molar-refractivity contribution in [3.63, 3.8) is 0 Å². The lowest BCUT2D eigenvalue weighted by Crippen LogP contribution is -2.39. The van der Waals surface area contributed by atoms with Crippen molar-refractivity contribution in [1.82, 2.24) is 4.98 Å². The Balaban J connectivity index is 1.30. The van der Waals surface area contributed by atoms with Crippen LogP contribution in [0.4, 0.5) is 11.4 Å². The summed E-state index contributed by atoms with van der Waals surface area (Å²) < 4.78 is 6.81. The van der Waals surface area contributed by atoms with Gasteiger partial charge in [0, 0.05) is 11.3 Å². The maximum absolute atomic E-state index is 12.5. The Hall–Kier alpha value is -3.71. The van der Waals surface area contributed by atoms with Crippen molar-refractivity contribution in [2.75, 3.05) is 10.6 Å². The van der Waals surface area contributed by atoms with Crippen molar-refractivity contribution in [2.24, 2.45) is 0 Å². The fourth-order valence-electron chi connectivity index (χ4n) is 3.33. The number of amides is 2. The first-order valence-electron chi connectivity index (χ1n) is 9.48. The first-order valence-corrected chi connectivity index (χ1v) is 10.3. The third-order valence-electron chi connectivity index (χ3n) is 4.76. The molecule has 0 spiro atoms. The van der Waals surface area contributed by atoms with Crippen molar-refractivity contribution in [3.05, 3.63) is 72.8 Å². The van der Waals surface area contributed by atoms with Crippen LogP contribution in [0.5, 0.6) is 5.75 Å². The van der Waals surface area contributed by atoms with Crippen molar-refractivity contribution >= 4 is 44.7 Å². The van der Waals surface area contributed by atoms with E-state index in [-0.39, 0.29) is 18.2 Å². The maximum Gasteiger partial charge on any atom is 0.266 e. The standard InChI is InChI=1S/C23H17N3O3S/c27-21(13-19-22(28)25-16-8-1-3-10-18(16)29-19)24-15-7-5-6-14(12-15)23-26-17-9-2-4-11-20(17)30-23/h1-12,19H,13H2,(H,24,27)(H,25,28). The number of nitrogens with one attached hydrogen (secondary N) is 2. The Morgan fingerprint density at radius 3 is 2.80 bits per heavy atom. The van der Waals surface area contributed by atoms with Gasteiger partial charge in [0.1, 0.15) is 10.8 Å². The van der Waals surface area contributed by atoms with Crippen LogP contribution in [0.1, 0.15) is 6.42 Å². The highest BCUT2D eigenvalue weighted by Crippen LogP contribution is 2.32. The molecular weight excluding hydrogens is 398 g/mol. The molecule has 0 saturated heterocycles. The van der Waals surface area contributed by atoms with E-state index in [0.717, 1.165) is 20.8 Å². The molecule has 6 nitrogen and oxygen atoms in total. The zero-order valence-electron chi connectivity index (χ0n) is 15.8. The summed E-state index contributed by atoms with van der Waals surface area (Å²) in [6, 6.07) is 22.7. The van der Waals surface area contributed by atoms with E-state index in [2.05, 4.69) is 15.6 Å². The fraction of sp³-hybridized carbons (Fsp3) is 0.0870. The Bertz CT molecular complexity index is 1230. The van der Waals surface area contributed by atoms with Gasteiger partial charge in [0.15, 0.2) is 6.10 Å². The quantitative estimate of drug-likeness (QED) is 0.507. The first kappa shape index (κ1) is 18.3. The molecule has 0 radical (unpaired) electrons. The predicted molar refractivity (Wildman–Crippen MR) is 118 cm³/mol. The maximum atomic E-state index is 12.5. The highest BCUT2D eigenvalue weighted by Gasteiger charge is 2.29. The van der Waals surface area contributed by atoms with Crippen LogP contribution in [0.25, 0.3) is 20.8 Å². The number of ether oxygens (including phenoxy) is 1. The molecule has 1 aliphatic rings. The number of para-hydroxylation sites is 3. The number of anilines is 2. The van der Waals surface area contributed by atoms with E-state index < -0.39 is 6.10 Å². The summed E-state index contributed by atoms with van der Waals surface area (Å²) in [5.41, 5.74) is 3.14. The molecule has 1 unspecified atom stereocenters. The first-order chi connectivity index (χ1) is 14.7. The van der Waals surface area contributed by atoms with Gasteiger partial charge in [-0.3, -0.25) is 9.59 Å². The number of hydrogen-bond acceptors (Lipinski definition) is 5. The van der Waals surface area contributed by atoms with Gasteiger partial charge in [0.25, 0.3) is 5.91 Å². The van der Waals surface area contributed by atoms with Crippen LogP contribution < -0.4 is 15.4 Å². The lowest BCUT2D eigenvalue weighted by Gasteiger charge is -2.25. The van der Waals surface area contributed by atoms with Gasteiger partial charge in [0.05, 0.1) is 22.3 Å². The van der Waals surface area contributed by atoms with Gasteiger partial charge >= 0.3 is 0 Å². The normalized spacial score (nSPS) is 15.2. The smallest absolute Gasteiger partial charge is 0.266 e. The second-order valence-corrected chi connectivity index (χ2v) is 7.94. The topological polar surface area (TPSA) is 80.3 Å². The number of hydrogen-bond donors (Lipinski definition) is 2. The second-order valence-electron chi connectivity index (χ2n) is 6.91. The van der Waals surface area contributed by atoms with Crippen LogP contribution in [0.3, 0.4) is 0 Å². The molecule has 1 aromatic heterocycles. The molecule has 4 aromatic rings. The Morgan fingerprint density at radius 1 is 1.07 bits per heavy atom. The number of nitrogens with zero attached hydrogens (tertiary/aromatic N) is 1. The van der Waals surface area contributed by atoms with Crippen molar-refractivity contribution in [1.29, 1.82) is 0 Å². The molecule has 1 atom stereocenters. The zero-order valence-corrected chi connectivity index (χ0v) is 16.6. The van der Waals surface area contributed by atoms with E-state index >= 15 is 0 Å². The molecule has 0 fully saturated rings. The van der Waals surface area contributed by atoms with Crippen LogP contribution in [-0.2, 0) is 9.59 Å². The van der Waals surface area contributed by atoms with E-state index in [1.54, 1.807) is 23.5 Å². The highest BCUT2D eigenvalue weighted by molar-refractivity contribution is 7.21. The van der Waals surface area contributed by atoms with Crippen molar-refractivity contribution in [2.45, 2.75) is 12.5 Å². The number of carbonyl (C=O) groups is 2. The van der Waals surface area contributed by atoms with E-state index in [9.17, 15) is 9.59 Å². The molecule has 30 heavy (non-hydrogen) atoms. The van der Waals surface area contributed by atoms with Gasteiger partial charge in [-0.2, -0.15) is 0 Å². The van der Waals surface area contributed by atoms with E-state index in [4.69, 9.17) is 4.74 Å². The van der Waals surface area contributed by atoms with Gasteiger partial charge in [-0.05, 0) is 36.4 Å². The molecule has 148 valence electrons. The molecular formula is C23H17N3O3S. The van der Waals surface area contributed by atoms with Crippen molar-refractivity contribution < 1.29 is 14.3 Å². The Morgan fingerprint density at radius 2 is 1.90 bits per heavy atom. The fourth-order valence-corrected chi connectivity index (χ4v) is 4.30. The molecule has 3 aromatic carbocycles. The number of rotatable bonds is 4. The van der Waals surface area contributed by atoms with Gasteiger partial charge in [0.2, 0.25) is 5.91 Å².